The molecule has 0 spiro atoms. The first kappa shape index (κ1) is 26.6. The fourth-order valence-corrected chi connectivity index (χ4v) is 7.33. The van der Waals surface area contributed by atoms with E-state index in [4.69, 9.17) is 10.5 Å². The number of anilines is 2. The Bertz CT molecular complexity index is 1910. The predicted molar refractivity (Wildman–Crippen MR) is 169 cm³/mol. The van der Waals surface area contributed by atoms with Crippen molar-refractivity contribution in [2.45, 2.75) is 25.2 Å². The van der Waals surface area contributed by atoms with Gasteiger partial charge in [0.05, 0.1) is 11.1 Å². The quantitative estimate of drug-likeness (QED) is 0.118. The molecular weight excluding hydrogens is 556 g/mol. The van der Waals surface area contributed by atoms with Crippen molar-refractivity contribution in [2.75, 3.05) is 10.6 Å². The molecule has 5 aromatic rings. The topological polar surface area (TPSA) is 120 Å². The van der Waals surface area contributed by atoms with Gasteiger partial charge in [0.2, 0.25) is 5.91 Å². The number of hydrogen-bond acceptors (Lipinski definition) is 5. The standard InChI is InChI=1S/C34H26N6O2S/c1-34(18-28-24-12-2-4-14-26(24)30(34)27-15-5-3-13-25(27)28)32(42)38-33-37-29(19-43-33)20-8-6-9-21(16-20)31(41)36-22-10-7-11-23(17-22)39-40-35/h2-17,19,28,30H,18H2,1H3,(H,36,41)(H,37,38,42). The number of nitrogens with one attached hydrogen (secondary N) is 2. The zero-order chi connectivity index (χ0) is 29.6. The monoisotopic (exact) mass is 582 g/mol. The van der Waals surface area contributed by atoms with Crippen LogP contribution in [0.15, 0.2) is 108 Å². The third-order valence-corrected chi connectivity index (χ3v) is 9.32. The Morgan fingerprint density at radius 3 is 2.33 bits per heavy atom. The average molecular weight is 583 g/mol. The predicted octanol–water partition coefficient (Wildman–Crippen LogP) is 8.63. The summed E-state index contributed by atoms with van der Waals surface area (Å²) < 4.78 is 0. The van der Waals surface area contributed by atoms with Crippen LogP contribution in [-0.4, -0.2) is 16.8 Å². The molecule has 0 saturated carbocycles. The Morgan fingerprint density at radius 1 is 0.907 bits per heavy atom. The number of carbonyl (C=O) groups is 2. The summed E-state index contributed by atoms with van der Waals surface area (Å²) in [5, 5.41) is 12.0. The highest BCUT2D eigenvalue weighted by molar-refractivity contribution is 7.14. The molecule has 9 heteroatoms. The second-order valence-corrected chi connectivity index (χ2v) is 12.0. The zero-order valence-electron chi connectivity index (χ0n) is 23.2. The van der Waals surface area contributed by atoms with Crippen LogP contribution in [0.4, 0.5) is 16.5 Å². The lowest BCUT2D eigenvalue weighted by Gasteiger charge is -2.50. The smallest absolute Gasteiger partial charge is 0.255 e. The van der Waals surface area contributed by atoms with Gasteiger partial charge in [0.15, 0.2) is 5.13 Å². The number of thiazole rings is 1. The van der Waals surface area contributed by atoms with Crippen LogP contribution in [0.1, 0.15) is 57.8 Å². The van der Waals surface area contributed by atoms with Gasteiger partial charge in [0, 0.05) is 44.6 Å². The van der Waals surface area contributed by atoms with Gasteiger partial charge in [0.25, 0.3) is 5.91 Å². The molecule has 210 valence electrons. The van der Waals surface area contributed by atoms with E-state index in [0.717, 1.165) is 12.0 Å². The van der Waals surface area contributed by atoms with E-state index in [1.165, 1.54) is 33.6 Å². The number of hydrogen-bond donors (Lipinski definition) is 2. The second-order valence-electron chi connectivity index (χ2n) is 11.1. The highest BCUT2D eigenvalue weighted by atomic mass is 32.1. The first-order valence-corrected chi connectivity index (χ1v) is 14.8. The van der Waals surface area contributed by atoms with Gasteiger partial charge in [-0.15, -0.1) is 11.3 Å². The molecule has 4 aromatic carbocycles. The first-order chi connectivity index (χ1) is 20.9. The highest BCUT2D eigenvalue weighted by Crippen LogP contribution is 2.61. The number of carbonyl (C=O) groups excluding carboxylic acids is 2. The summed E-state index contributed by atoms with van der Waals surface area (Å²) in [6, 6.07) is 30.9. The van der Waals surface area contributed by atoms with E-state index >= 15 is 0 Å². The minimum Gasteiger partial charge on any atom is -0.322 e. The minimum absolute atomic E-state index is 0.0353. The van der Waals surface area contributed by atoms with Gasteiger partial charge in [-0.05, 0) is 65.4 Å². The molecule has 0 aliphatic heterocycles. The Balaban J connectivity index is 1.11. The van der Waals surface area contributed by atoms with Gasteiger partial charge in [-0.2, -0.15) is 0 Å². The van der Waals surface area contributed by atoms with Gasteiger partial charge < -0.3 is 10.6 Å². The molecule has 0 saturated heterocycles. The second kappa shape index (κ2) is 10.5. The van der Waals surface area contributed by atoms with E-state index in [-0.39, 0.29) is 23.7 Å². The van der Waals surface area contributed by atoms with E-state index in [0.29, 0.717) is 27.8 Å². The van der Waals surface area contributed by atoms with Crippen LogP contribution in [0.25, 0.3) is 21.7 Å². The van der Waals surface area contributed by atoms with Crippen LogP contribution in [-0.2, 0) is 4.79 Å². The summed E-state index contributed by atoms with van der Waals surface area (Å²) in [7, 11) is 0. The lowest BCUT2D eigenvalue weighted by molar-refractivity contribution is -0.126. The zero-order valence-corrected chi connectivity index (χ0v) is 24.0. The fraction of sp³-hybridized carbons (Fsp3) is 0.147. The molecule has 1 heterocycles. The van der Waals surface area contributed by atoms with E-state index < -0.39 is 5.41 Å². The molecule has 0 fully saturated rings. The van der Waals surface area contributed by atoms with Crippen molar-refractivity contribution in [3.63, 3.8) is 0 Å². The van der Waals surface area contributed by atoms with E-state index in [1.807, 2.05) is 11.4 Å². The molecule has 1 aromatic heterocycles. The van der Waals surface area contributed by atoms with Crippen LogP contribution < -0.4 is 10.6 Å². The van der Waals surface area contributed by atoms with Crippen molar-refractivity contribution in [3.8, 4) is 11.3 Å². The van der Waals surface area contributed by atoms with Crippen molar-refractivity contribution in [1.29, 1.82) is 0 Å². The summed E-state index contributed by atoms with van der Waals surface area (Å²) >= 11 is 1.37. The van der Waals surface area contributed by atoms with Crippen molar-refractivity contribution >= 4 is 39.7 Å². The van der Waals surface area contributed by atoms with Crippen LogP contribution >= 0.6 is 11.3 Å². The maximum absolute atomic E-state index is 14.0. The molecule has 0 radical (unpaired) electrons. The number of benzene rings is 4. The summed E-state index contributed by atoms with van der Waals surface area (Å²) in [5.74, 6) is -0.199. The molecule has 2 amide bonds. The molecule has 1 atom stereocenters. The Morgan fingerprint density at radius 2 is 1.60 bits per heavy atom. The highest BCUT2D eigenvalue weighted by Gasteiger charge is 2.54. The minimum atomic E-state index is -0.632. The number of azide groups is 1. The van der Waals surface area contributed by atoms with Crippen LogP contribution in [0.2, 0.25) is 0 Å². The molecule has 8 nitrogen and oxygen atoms in total. The number of nitrogens with zero attached hydrogens (tertiary/aromatic N) is 4. The number of rotatable bonds is 6. The van der Waals surface area contributed by atoms with Crippen molar-refractivity contribution in [1.82, 2.24) is 4.98 Å². The Hall–Kier alpha value is -5.24. The molecule has 8 rings (SSSR count). The van der Waals surface area contributed by atoms with Gasteiger partial charge in [0.1, 0.15) is 0 Å². The molecular formula is C34H26N6O2S. The third-order valence-electron chi connectivity index (χ3n) is 8.56. The number of aromatic nitrogens is 1. The van der Waals surface area contributed by atoms with E-state index in [9.17, 15) is 9.59 Å². The normalized spacial score (nSPS) is 19.5. The first-order valence-electron chi connectivity index (χ1n) is 14.0. The van der Waals surface area contributed by atoms with Gasteiger partial charge in [-0.1, -0.05) is 77.9 Å². The molecule has 3 aliphatic rings. The average Bonchev–Trinajstić information content (AvgIpc) is 3.50. The van der Waals surface area contributed by atoms with Crippen LogP contribution in [0.3, 0.4) is 0 Å². The molecule has 1 unspecified atom stereocenters. The van der Waals surface area contributed by atoms with Crippen molar-refractivity contribution < 1.29 is 9.59 Å². The maximum atomic E-state index is 14.0. The van der Waals surface area contributed by atoms with Crippen molar-refractivity contribution in [2.24, 2.45) is 10.5 Å². The van der Waals surface area contributed by atoms with Crippen LogP contribution in [0.5, 0.6) is 0 Å². The number of fused-ring (bicyclic) bond motifs is 1. The fourth-order valence-electron chi connectivity index (χ4n) is 6.61. The lowest BCUT2D eigenvalue weighted by atomic mass is 9.52. The Kier molecular flexibility index (Phi) is 6.54. The Labute approximate surface area is 252 Å². The molecule has 43 heavy (non-hydrogen) atoms. The largest absolute Gasteiger partial charge is 0.322 e. The van der Waals surface area contributed by atoms with Gasteiger partial charge in [-0.25, -0.2) is 4.98 Å². The summed E-state index contributed by atoms with van der Waals surface area (Å²) in [6.45, 7) is 2.07. The molecule has 2 bridgehead atoms. The SMILES string of the molecule is CC1(C(=O)Nc2nc(-c3cccc(C(=O)Nc4cccc(N=[N+]=[N-])c4)c3)cs2)CC2c3ccccc3C1c1ccccc12. The summed E-state index contributed by atoms with van der Waals surface area (Å²) in [6.07, 6.45) is 0.735. The van der Waals surface area contributed by atoms with Gasteiger partial charge in [-0.3, -0.25) is 9.59 Å². The van der Waals surface area contributed by atoms with Crippen molar-refractivity contribution in [3.05, 3.63) is 141 Å². The lowest BCUT2D eigenvalue weighted by Crippen LogP contribution is -2.47. The van der Waals surface area contributed by atoms with E-state index in [2.05, 4.69) is 76.1 Å². The summed E-state index contributed by atoms with van der Waals surface area (Å²) in [5.41, 5.74) is 16.0. The molecule has 2 N–H and O–H groups in total. The number of amides is 2. The van der Waals surface area contributed by atoms with Gasteiger partial charge >= 0.3 is 0 Å². The maximum Gasteiger partial charge on any atom is 0.255 e. The van der Waals surface area contributed by atoms with Crippen LogP contribution in [0, 0.1) is 5.41 Å². The molecule has 3 aliphatic carbocycles. The summed E-state index contributed by atoms with van der Waals surface area (Å²) in [4.78, 5) is 34.5. The third kappa shape index (κ3) is 4.65. The van der Waals surface area contributed by atoms with E-state index in [1.54, 1.807) is 42.5 Å².